The Labute approximate surface area is 104 Å². The molecule has 0 radical (unpaired) electrons. The molecule has 0 unspecified atom stereocenters. The predicted octanol–water partition coefficient (Wildman–Crippen LogP) is 3.16. The van der Waals surface area contributed by atoms with E-state index in [9.17, 15) is 4.39 Å². The summed E-state index contributed by atoms with van der Waals surface area (Å²) >= 11 is 1.55. The Kier molecular flexibility index (Phi) is 3.68. The minimum atomic E-state index is -0.169. The molecule has 5 heteroatoms. The number of anilines is 1. The molecule has 2 rings (SSSR count). The molecule has 0 saturated carbocycles. The van der Waals surface area contributed by atoms with Gasteiger partial charge in [-0.15, -0.1) is 10.2 Å². The van der Waals surface area contributed by atoms with Crippen LogP contribution in [0.1, 0.15) is 23.1 Å². The fourth-order valence-electron chi connectivity index (χ4n) is 1.46. The number of hydrogen-bond acceptors (Lipinski definition) is 4. The average molecular weight is 251 g/mol. The van der Waals surface area contributed by atoms with Crippen molar-refractivity contribution in [3.05, 3.63) is 40.2 Å². The highest BCUT2D eigenvalue weighted by Crippen LogP contribution is 2.17. The Hall–Kier alpha value is -1.49. The van der Waals surface area contributed by atoms with E-state index in [1.807, 2.05) is 13.0 Å². The summed E-state index contributed by atoms with van der Waals surface area (Å²) in [5.41, 5.74) is 1.70. The molecule has 0 fully saturated rings. The van der Waals surface area contributed by atoms with Crippen molar-refractivity contribution in [2.24, 2.45) is 0 Å². The predicted molar refractivity (Wildman–Crippen MR) is 67.8 cm³/mol. The summed E-state index contributed by atoms with van der Waals surface area (Å²) in [7, 11) is 0. The Morgan fingerprint density at radius 2 is 2.18 bits per heavy atom. The van der Waals surface area contributed by atoms with Gasteiger partial charge in [0.25, 0.3) is 0 Å². The second-order valence-corrected chi connectivity index (χ2v) is 4.85. The molecule has 1 N–H and O–H groups in total. The second kappa shape index (κ2) is 5.23. The molecule has 2 aromatic rings. The molecule has 90 valence electrons. The van der Waals surface area contributed by atoms with Crippen LogP contribution in [0.15, 0.2) is 18.2 Å². The maximum atomic E-state index is 13.1. The number of halogens is 1. The first-order valence-electron chi connectivity index (χ1n) is 5.50. The Balaban J connectivity index is 1.99. The van der Waals surface area contributed by atoms with Gasteiger partial charge in [0.05, 0.1) is 0 Å². The topological polar surface area (TPSA) is 37.8 Å². The molecule has 0 aliphatic heterocycles. The summed E-state index contributed by atoms with van der Waals surface area (Å²) in [5.74, 6) is -0.169. The van der Waals surface area contributed by atoms with E-state index in [0.717, 1.165) is 22.1 Å². The van der Waals surface area contributed by atoms with Crippen molar-refractivity contribution < 1.29 is 4.39 Å². The summed E-state index contributed by atoms with van der Waals surface area (Å²) in [6.07, 6.45) is 0.898. The van der Waals surface area contributed by atoms with Crippen LogP contribution in [-0.4, -0.2) is 10.2 Å². The van der Waals surface area contributed by atoms with Gasteiger partial charge < -0.3 is 5.32 Å². The lowest BCUT2D eigenvalue weighted by molar-refractivity contribution is 0.617. The van der Waals surface area contributed by atoms with Crippen LogP contribution < -0.4 is 5.32 Å². The number of benzene rings is 1. The summed E-state index contributed by atoms with van der Waals surface area (Å²) in [6.45, 7) is 4.45. The zero-order valence-electron chi connectivity index (χ0n) is 9.83. The van der Waals surface area contributed by atoms with Gasteiger partial charge in [0.2, 0.25) is 5.13 Å². The lowest BCUT2D eigenvalue weighted by Gasteiger charge is -2.04. The molecule has 0 bridgehead atoms. The van der Waals surface area contributed by atoms with Crippen molar-refractivity contribution >= 4 is 16.5 Å². The van der Waals surface area contributed by atoms with Crippen LogP contribution in [0.4, 0.5) is 9.52 Å². The third-order valence-electron chi connectivity index (χ3n) is 2.44. The molecule has 0 aliphatic rings. The monoisotopic (exact) mass is 251 g/mol. The first-order chi connectivity index (χ1) is 8.19. The molecule has 0 amide bonds. The van der Waals surface area contributed by atoms with E-state index in [1.54, 1.807) is 24.3 Å². The second-order valence-electron chi connectivity index (χ2n) is 3.79. The van der Waals surface area contributed by atoms with E-state index >= 15 is 0 Å². The van der Waals surface area contributed by atoms with Crippen molar-refractivity contribution in [1.29, 1.82) is 0 Å². The third kappa shape index (κ3) is 3.00. The SMILES string of the molecule is CCc1nnc(NCc2ccc(F)c(C)c2)s1. The normalized spacial score (nSPS) is 10.5. The minimum absolute atomic E-state index is 0.169. The summed E-state index contributed by atoms with van der Waals surface area (Å²) in [6, 6.07) is 5.10. The third-order valence-corrected chi connectivity index (χ3v) is 3.46. The van der Waals surface area contributed by atoms with Gasteiger partial charge >= 0.3 is 0 Å². The number of hydrogen-bond donors (Lipinski definition) is 1. The maximum Gasteiger partial charge on any atom is 0.205 e. The van der Waals surface area contributed by atoms with Crippen LogP contribution in [0.2, 0.25) is 0 Å². The first kappa shape index (κ1) is 12.0. The van der Waals surface area contributed by atoms with Crippen LogP contribution in [-0.2, 0) is 13.0 Å². The van der Waals surface area contributed by atoms with Crippen LogP contribution in [0.3, 0.4) is 0 Å². The molecular formula is C12H14FN3S. The zero-order valence-corrected chi connectivity index (χ0v) is 10.6. The summed E-state index contributed by atoms with van der Waals surface area (Å²) in [4.78, 5) is 0. The number of aromatic nitrogens is 2. The molecule has 1 aromatic carbocycles. The maximum absolute atomic E-state index is 13.1. The molecule has 0 saturated heterocycles. The standard InChI is InChI=1S/C12H14FN3S/c1-3-11-15-16-12(17-11)14-7-9-4-5-10(13)8(2)6-9/h4-6H,3,7H2,1-2H3,(H,14,16). The average Bonchev–Trinajstić information content (AvgIpc) is 2.79. The fourth-order valence-corrected chi connectivity index (χ4v) is 2.14. The Bertz CT molecular complexity index is 510. The summed E-state index contributed by atoms with van der Waals surface area (Å²) < 4.78 is 13.1. The summed E-state index contributed by atoms with van der Waals surface area (Å²) in [5, 5.41) is 13.1. The van der Waals surface area contributed by atoms with E-state index in [2.05, 4.69) is 15.5 Å². The van der Waals surface area contributed by atoms with Gasteiger partial charge in [0, 0.05) is 6.54 Å². The molecule has 0 atom stereocenters. The van der Waals surface area contributed by atoms with Gasteiger partial charge in [-0.05, 0) is 30.5 Å². The van der Waals surface area contributed by atoms with E-state index < -0.39 is 0 Å². The highest BCUT2D eigenvalue weighted by atomic mass is 32.1. The number of aryl methyl sites for hydroxylation is 2. The molecule has 0 aliphatic carbocycles. The lowest BCUT2D eigenvalue weighted by Crippen LogP contribution is -1.99. The van der Waals surface area contributed by atoms with Gasteiger partial charge in [-0.1, -0.05) is 30.4 Å². The number of nitrogens with one attached hydrogen (secondary N) is 1. The van der Waals surface area contributed by atoms with Gasteiger partial charge in [-0.2, -0.15) is 0 Å². The smallest absolute Gasteiger partial charge is 0.205 e. The Morgan fingerprint density at radius 3 is 2.82 bits per heavy atom. The molecule has 1 aromatic heterocycles. The van der Waals surface area contributed by atoms with Gasteiger partial charge in [0.15, 0.2) is 0 Å². The van der Waals surface area contributed by atoms with Crippen molar-refractivity contribution in [2.45, 2.75) is 26.8 Å². The van der Waals surface area contributed by atoms with Crippen molar-refractivity contribution in [3.8, 4) is 0 Å². The van der Waals surface area contributed by atoms with Crippen molar-refractivity contribution in [1.82, 2.24) is 10.2 Å². The highest BCUT2D eigenvalue weighted by Gasteiger charge is 2.03. The van der Waals surface area contributed by atoms with Crippen LogP contribution in [0.25, 0.3) is 0 Å². The van der Waals surface area contributed by atoms with Crippen LogP contribution >= 0.6 is 11.3 Å². The first-order valence-corrected chi connectivity index (χ1v) is 6.32. The quantitative estimate of drug-likeness (QED) is 0.907. The zero-order chi connectivity index (χ0) is 12.3. The number of rotatable bonds is 4. The fraction of sp³-hybridized carbons (Fsp3) is 0.333. The van der Waals surface area contributed by atoms with Gasteiger partial charge in [-0.25, -0.2) is 4.39 Å². The van der Waals surface area contributed by atoms with E-state index in [-0.39, 0.29) is 5.82 Å². The van der Waals surface area contributed by atoms with Gasteiger partial charge in [0.1, 0.15) is 10.8 Å². The highest BCUT2D eigenvalue weighted by molar-refractivity contribution is 7.15. The molecular weight excluding hydrogens is 237 g/mol. The van der Waals surface area contributed by atoms with Crippen LogP contribution in [0, 0.1) is 12.7 Å². The van der Waals surface area contributed by atoms with E-state index in [1.165, 1.54) is 6.07 Å². The molecule has 0 spiro atoms. The molecule has 17 heavy (non-hydrogen) atoms. The molecule has 1 heterocycles. The van der Waals surface area contributed by atoms with Gasteiger partial charge in [-0.3, -0.25) is 0 Å². The van der Waals surface area contributed by atoms with Crippen molar-refractivity contribution in [3.63, 3.8) is 0 Å². The largest absolute Gasteiger partial charge is 0.356 e. The minimum Gasteiger partial charge on any atom is -0.356 e. The molecule has 3 nitrogen and oxygen atoms in total. The lowest BCUT2D eigenvalue weighted by atomic mass is 10.1. The Morgan fingerprint density at radius 1 is 1.35 bits per heavy atom. The van der Waals surface area contributed by atoms with Crippen molar-refractivity contribution in [2.75, 3.05) is 5.32 Å². The number of nitrogens with zero attached hydrogens (tertiary/aromatic N) is 2. The van der Waals surface area contributed by atoms with E-state index in [0.29, 0.717) is 12.1 Å². The van der Waals surface area contributed by atoms with E-state index in [4.69, 9.17) is 0 Å². The van der Waals surface area contributed by atoms with Crippen LogP contribution in [0.5, 0.6) is 0 Å².